The lowest BCUT2D eigenvalue weighted by molar-refractivity contribution is -0.140. The maximum Gasteiger partial charge on any atom is 0.330 e. The Labute approximate surface area is 185 Å². The maximum absolute atomic E-state index is 12.2. The third-order valence-electron chi connectivity index (χ3n) is 7.16. The highest BCUT2D eigenvalue weighted by atomic mass is 29.3. The fraction of sp³-hybridized carbons (Fsp3) is 0.826. The minimum absolute atomic E-state index is 0.142. The van der Waals surface area contributed by atoms with Crippen molar-refractivity contribution < 1.29 is 23.9 Å². The number of rotatable bonds is 12. The summed E-state index contributed by atoms with van der Waals surface area (Å²) >= 11 is 0. The van der Waals surface area contributed by atoms with Crippen molar-refractivity contribution in [3.05, 3.63) is 12.2 Å². The van der Waals surface area contributed by atoms with Crippen LogP contribution >= 0.6 is 0 Å². The predicted octanol–water partition coefficient (Wildman–Crippen LogP) is 6.03. The van der Waals surface area contributed by atoms with E-state index in [4.69, 9.17) is 14.3 Å². The molecule has 0 aliphatic carbocycles. The van der Waals surface area contributed by atoms with Gasteiger partial charge in [-0.05, 0) is 51.7 Å². The molecule has 1 rings (SSSR count). The van der Waals surface area contributed by atoms with E-state index in [9.17, 15) is 9.59 Å². The van der Waals surface area contributed by atoms with Crippen LogP contribution in [0.1, 0.15) is 79.1 Å². The molecule has 0 amide bonds. The molecule has 0 bridgehead atoms. The van der Waals surface area contributed by atoms with Gasteiger partial charge in [-0.1, -0.05) is 58.9 Å². The van der Waals surface area contributed by atoms with Crippen LogP contribution in [0.2, 0.25) is 25.7 Å². The van der Waals surface area contributed by atoms with E-state index in [1.807, 2.05) is 0 Å². The molecule has 174 valence electrons. The number of ether oxygens (including phenoxy) is 1. The zero-order chi connectivity index (χ0) is 23.0. The van der Waals surface area contributed by atoms with Crippen LogP contribution in [0.3, 0.4) is 0 Å². The summed E-state index contributed by atoms with van der Waals surface area (Å²) in [5.41, 5.74) is -0.287. The molecule has 0 aromatic carbocycles. The van der Waals surface area contributed by atoms with Crippen molar-refractivity contribution in [1.82, 2.24) is 0 Å². The fourth-order valence-electron chi connectivity index (χ4n) is 4.98. The van der Waals surface area contributed by atoms with Crippen molar-refractivity contribution in [3.8, 4) is 0 Å². The first-order valence-electron chi connectivity index (χ1n) is 11.7. The zero-order valence-electron chi connectivity index (χ0n) is 20.3. The summed E-state index contributed by atoms with van der Waals surface area (Å²) in [6.45, 7) is 15.7. The molecule has 0 aromatic rings. The number of esters is 1. The van der Waals surface area contributed by atoms with Crippen molar-refractivity contribution in [2.75, 3.05) is 0 Å². The third kappa shape index (κ3) is 7.34. The number of aliphatic carboxylic acids is 1. The van der Waals surface area contributed by atoms with Gasteiger partial charge in [-0.15, -0.1) is 0 Å². The Bertz CT molecular complexity index is 602. The van der Waals surface area contributed by atoms with Crippen LogP contribution in [0.15, 0.2) is 12.2 Å². The SMILES string of the molecule is CCCCCCCCC1C[Si](C)(C(CC)OC(=O)C=CC(=O)O)[Si](C)(C)OC1(C)C. The maximum atomic E-state index is 12.2. The molecular formula is C23H44O5Si2. The smallest absolute Gasteiger partial charge is 0.330 e. The normalized spacial score (nSPS) is 26.4. The molecule has 30 heavy (non-hydrogen) atoms. The number of carbonyl (C=O) groups is 2. The van der Waals surface area contributed by atoms with Gasteiger partial charge in [-0.3, -0.25) is 0 Å². The molecule has 1 fully saturated rings. The van der Waals surface area contributed by atoms with Gasteiger partial charge >= 0.3 is 11.9 Å². The summed E-state index contributed by atoms with van der Waals surface area (Å²) < 4.78 is 12.7. The first kappa shape index (κ1) is 27.1. The molecular weight excluding hydrogens is 412 g/mol. The molecule has 5 nitrogen and oxygen atoms in total. The highest BCUT2D eigenvalue weighted by molar-refractivity contribution is 7.39. The van der Waals surface area contributed by atoms with Gasteiger partial charge < -0.3 is 14.3 Å². The third-order valence-corrected chi connectivity index (χ3v) is 24.4. The Balaban J connectivity index is 2.92. The van der Waals surface area contributed by atoms with E-state index in [0.29, 0.717) is 5.92 Å². The first-order chi connectivity index (χ1) is 13.9. The molecule has 1 aliphatic heterocycles. The Kier molecular flexibility index (Phi) is 10.5. The molecule has 1 saturated heterocycles. The molecule has 0 radical (unpaired) electrons. The molecule has 0 aromatic heterocycles. The average molecular weight is 457 g/mol. The van der Waals surface area contributed by atoms with E-state index in [1.165, 1.54) is 38.5 Å². The molecule has 3 unspecified atom stereocenters. The van der Waals surface area contributed by atoms with Crippen molar-refractivity contribution in [3.63, 3.8) is 0 Å². The average Bonchev–Trinajstić information content (AvgIpc) is 2.64. The number of hydrogen-bond acceptors (Lipinski definition) is 4. The van der Waals surface area contributed by atoms with E-state index in [0.717, 1.165) is 31.0 Å². The topological polar surface area (TPSA) is 72.8 Å². The molecule has 0 saturated carbocycles. The highest BCUT2D eigenvalue weighted by Gasteiger charge is 2.60. The van der Waals surface area contributed by atoms with E-state index < -0.39 is 27.4 Å². The Morgan fingerprint density at radius 1 is 1.10 bits per heavy atom. The first-order valence-corrected chi connectivity index (χ1v) is 18.4. The van der Waals surface area contributed by atoms with Gasteiger partial charge in [-0.25, -0.2) is 9.59 Å². The van der Waals surface area contributed by atoms with Crippen LogP contribution in [0.5, 0.6) is 0 Å². The second-order valence-electron chi connectivity index (χ2n) is 10.1. The van der Waals surface area contributed by atoms with Crippen LogP contribution in [0.25, 0.3) is 0 Å². The molecule has 1 heterocycles. The highest BCUT2D eigenvalue weighted by Crippen LogP contribution is 2.47. The van der Waals surface area contributed by atoms with Crippen molar-refractivity contribution in [1.29, 1.82) is 0 Å². The van der Waals surface area contributed by atoms with E-state index in [-0.39, 0.29) is 11.3 Å². The summed E-state index contributed by atoms with van der Waals surface area (Å²) in [5, 5.41) is 8.78. The van der Waals surface area contributed by atoms with Gasteiger partial charge in [0.1, 0.15) is 7.59 Å². The minimum Gasteiger partial charge on any atom is -0.478 e. The predicted molar refractivity (Wildman–Crippen MR) is 128 cm³/mol. The number of carboxylic acid groups (broad SMARTS) is 1. The molecule has 1 aliphatic rings. The van der Waals surface area contributed by atoms with Gasteiger partial charge in [0.05, 0.1) is 11.3 Å². The molecule has 1 N–H and O–H groups in total. The lowest BCUT2D eigenvalue weighted by Gasteiger charge is -2.56. The molecule has 3 atom stereocenters. The van der Waals surface area contributed by atoms with Crippen LogP contribution in [-0.2, 0) is 18.8 Å². The number of carboxylic acids is 1. The van der Waals surface area contributed by atoms with Gasteiger partial charge in [0.15, 0.2) is 7.83 Å². The number of hydrogen-bond donors (Lipinski definition) is 1. The van der Waals surface area contributed by atoms with E-state index in [1.54, 1.807) is 0 Å². The largest absolute Gasteiger partial charge is 0.478 e. The van der Waals surface area contributed by atoms with Crippen LogP contribution in [-0.4, -0.2) is 43.8 Å². The van der Waals surface area contributed by atoms with Gasteiger partial charge in [0, 0.05) is 12.2 Å². The van der Waals surface area contributed by atoms with Crippen LogP contribution in [0.4, 0.5) is 0 Å². The Hall–Kier alpha value is -0.926. The molecule has 0 spiro atoms. The Morgan fingerprint density at radius 2 is 1.70 bits per heavy atom. The van der Waals surface area contributed by atoms with Gasteiger partial charge in [0.25, 0.3) is 0 Å². The summed E-state index contributed by atoms with van der Waals surface area (Å²) in [6, 6.07) is 1.11. The second-order valence-corrected chi connectivity index (χ2v) is 24.2. The fourth-order valence-corrected chi connectivity index (χ4v) is 18.0. The van der Waals surface area contributed by atoms with Gasteiger partial charge in [0.2, 0.25) is 0 Å². The standard InChI is InChI=1S/C23H44O5Si2/c1-8-10-11-12-13-14-15-19-18-30(7,29(5,6)28-23(19,3)4)22(9-2)27-21(26)17-16-20(24)25/h16-17,19,22H,8-15,18H2,1-7H3,(H,24,25). The van der Waals surface area contributed by atoms with Crippen molar-refractivity contribution >= 4 is 27.4 Å². The summed E-state index contributed by atoms with van der Waals surface area (Å²) in [4.78, 5) is 23.0. The molecule has 7 heteroatoms. The van der Waals surface area contributed by atoms with Crippen LogP contribution < -0.4 is 0 Å². The number of unbranched alkanes of at least 4 members (excludes halogenated alkanes) is 5. The summed E-state index contributed by atoms with van der Waals surface area (Å²) in [6.07, 6.45) is 11.5. The monoisotopic (exact) mass is 456 g/mol. The minimum atomic E-state index is -2.06. The van der Waals surface area contributed by atoms with Gasteiger partial charge in [-0.2, -0.15) is 0 Å². The Morgan fingerprint density at radius 3 is 2.27 bits per heavy atom. The lowest BCUT2D eigenvalue weighted by Crippen LogP contribution is -2.73. The van der Waals surface area contributed by atoms with Crippen molar-refractivity contribution in [2.24, 2.45) is 5.92 Å². The second kappa shape index (κ2) is 11.6. The summed E-state index contributed by atoms with van der Waals surface area (Å²) in [5.74, 6) is -1.22. The van der Waals surface area contributed by atoms with Crippen molar-refractivity contribution in [2.45, 2.75) is 116 Å². The zero-order valence-corrected chi connectivity index (χ0v) is 22.3. The number of carbonyl (C=O) groups excluding carboxylic acids is 1. The summed E-state index contributed by atoms with van der Waals surface area (Å²) in [7, 11) is -4.11. The lowest BCUT2D eigenvalue weighted by atomic mass is 9.87. The van der Waals surface area contributed by atoms with E-state index in [2.05, 4.69) is 47.3 Å². The van der Waals surface area contributed by atoms with E-state index >= 15 is 0 Å². The quantitative estimate of drug-likeness (QED) is 0.168. The van der Waals surface area contributed by atoms with Crippen LogP contribution in [0, 0.1) is 5.92 Å².